The molecule has 4 rings (SSSR count). The molecule has 0 spiro atoms. The molecule has 210 valence electrons. The Hall–Kier alpha value is -4.69. The molecule has 0 bridgehead atoms. The molecule has 0 aliphatic rings. The van der Waals surface area contributed by atoms with Crippen LogP contribution in [0.2, 0.25) is 0 Å². The van der Waals surface area contributed by atoms with E-state index in [1.54, 1.807) is 6.92 Å². The maximum atomic E-state index is 14.7. The summed E-state index contributed by atoms with van der Waals surface area (Å²) in [7, 11) is -3.40. The van der Waals surface area contributed by atoms with Gasteiger partial charge in [-0.25, -0.2) is 21.6 Å². The number of nitrogens with zero attached hydrogens (tertiary/aromatic N) is 2. The summed E-state index contributed by atoms with van der Waals surface area (Å²) in [6.45, 7) is 1.42. The average Bonchev–Trinajstić information content (AvgIpc) is 2.94. The van der Waals surface area contributed by atoms with Crippen LogP contribution in [-0.4, -0.2) is 25.1 Å². The molecule has 0 aliphatic carbocycles. The molecule has 0 unspecified atom stereocenters. The third kappa shape index (κ3) is 6.56. The van der Waals surface area contributed by atoms with Crippen LogP contribution in [0.15, 0.2) is 82.6 Å². The molecular weight excluding hydrogens is 555 g/mol. The molecule has 0 saturated heterocycles. The van der Waals surface area contributed by atoms with E-state index >= 15 is 0 Å². The summed E-state index contributed by atoms with van der Waals surface area (Å²) in [5.41, 5.74) is 0.0684. The fraction of sp³-hybridized carbons (Fsp3) is 0.167. The summed E-state index contributed by atoms with van der Waals surface area (Å²) in [5.74, 6) is -1.42. The van der Waals surface area contributed by atoms with Gasteiger partial charge in [0.2, 0.25) is 5.43 Å². The van der Waals surface area contributed by atoms with Gasteiger partial charge in [-0.05, 0) is 48.4 Å². The van der Waals surface area contributed by atoms with Gasteiger partial charge in [0.15, 0.2) is 9.84 Å². The van der Waals surface area contributed by atoms with Crippen molar-refractivity contribution < 1.29 is 26.4 Å². The summed E-state index contributed by atoms with van der Waals surface area (Å²) in [6, 6.07) is 16.9. The maximum Gasteiger partial charge on any atom is 0.263 e. The van der Waals surface area contributed by atoms with Crippen LogP contribution in [0.1, 0.15) is 44.7 Å². The van der Waals surface area contributed by atoms with Gasteiger partial charge in [-0.2, -0.15) is 5.26 Å². The fourth-order valence-electron chi connectivity index (χ4n) is 4.31. The Balaban J connectivity index is 1.76. The number of carbonyl (C=O) groups excluding carboxylic acids is 1. The number of hydrogen-bond donors (Lipinski definition) is 1. The Morgan fingerprint density at radius 2 is 1.78 bits per heavy atom. The van der Waals surface area contributed by atoms with E-state index in [1.807, 2.05) is 6.07 Å². The van der Waals surface area contributed by atoms with Crippen molar-refractivity contribution in [2.24, 2.45) is 0 Å². The molecule has 1 heterocycles. The Morgan fingerprint density at radius 3 is 2.39 bits per heavy atom. The number of sulfone groups is 1. The topological polar surface area (TPSA) is 109 Å². The lowest BCUT2D eigenvalue weighted by Gasteiger charge is -2.18. The summed E-state index contributed by atoms with van der Waals surface area (Å²) >= 11 is 0. The number of halogens is 3. The molecule has 1 aromatic heterocycles. The van der Waals surface area contributed by atoms with Crippen molar-refractivity contribution in [2.75, 3.05) is 6.26 Å². The van der Waals surface area contributed by atoms with E-state index in [0.29, 0.717) is 11.3 Å². The third-order valence-electron chi connectivity index (χ3n) is 6.55. The minimum absolute atomic E-state index is 0.00621. The van der Waals surface area contributed by atoms with Gasteiger partial charge in [-0.1, -0.05) is 36.4 Å². The highest BCUT2D eigenvalue weighted by Crippen LogP contribution is 2.27. The predicted molar refractivity (Wildman–Crippen MR) is 147 cm³/mol. The molecule has 11 heteroatoms. The van der Waals surface area contributed by atoms with Crippen LogP contribution in [0.5, 0.6) is 0 Å². The first-order valence-electron chi connectivity index (χ1n) is 12.3. The average molecular weight is 580 g/mol. The predicted octanol–water partition coefficient (Wildman–Crippen LogP) is 5.15. The fourth-order valence-corrected chi connectivity index (χ4v) is 4.94. The van der Waals surface area contributed by atoms with Gasteiger partial charge in [0, 0.05) is 41.4 Å². The zero-order valence-corrected chi connectivity index (χ0v) is 22.8. The van der Waals surface area contributed by atoms with Crippen molar-refractivity contribution >= 4 is 15.7 Å². The maximum absolute atomic E-state index is 14.7. The van der Waals surface area contributed by atoms with E-state index in [1.165, 1.54) is 71.4 Å². The largest absolute Gasteiger partial charge is 0.348 e. The smallest absolute Gasteiger partial charge is 0.263 e. The molecule has 0 radical (unpaired) electrons. The molecule has 0 aliphatic heterocycles. The molecule has 1 N–H and O–H groups in total. The lowest BCUT2D eigenvalue weighted by atomic mass is 9.98. The van der Waals surface area contributed by atoms with Gasteiger partial charge in [0.05, 0.1) is 23.1 Å². The van der Waals surface area contributed by atoms with E-state index < -0.39 is 33.4 Å². The summed E-state index contributed by atoms with van der Waals surface area (Å²) in [4.78, 5) is 26.9. The van der Waals surface area contributed by atoms with E-state index in [-0.39, 0.29) is 51.4 Å². The second-order valence-corrected chi connectivity index (χ2v) is 11.4. The van der Waals surface area contributed by atoms with Crippen LogP contribution in [0, 0.1) is 24.1 Å². The number of nitriles is 1. The lowest BCUT2D eigenvalue weighted by molar-refractivity contribution is 0.0949. The first-order valence-corrected chi connectivity index (χ1v) is 14.2. The van der Waals surface area contributed by atoms with Crippen LogP contribution in [-0.2, 0) is 22.9 Å². The number of hydrogen-bond acceptors (Lipinski definition) is 5. The molecule has 1 amide bonds. The normalized spacial score (nSPS) is 11.3. The van der Waals surface area contributed by atoms with Gasteiger partial charge >= 0.3 is 0 Å². The second kappa shape index (κ2) is 11.8. The number of alkyl halides is 2. The highest BCUT2D eigenvalue weighted by molar-refractivity contribution is 7.90. The quantitative estimate of drug-likeness (QED) is 0.311. The van der Waals surface area contributed by atoms with Crippen LogP contribution < -0.4 is 10.7 Å². The summed E-state index contributed by atoms with van der Waals surface area (Å²) < 4.78 is 66.5. The molecular formula is C30H24F3N3O4S. The zero-order chi connectivity index (χ0) is 29.9. The van der Waals surface area contributed by atoms with Crippen LogP contribution in [0.4, 0.5) is 13.2 Å². The van der Waals surface area contributed by atoms with Gasteiger partial charge in [0.1, 0.15) is 11.4 Å². The molecule has 3 aromatic carbocycles. The van der Waals surface area contributed by atoms with E-state index in [2.05, 4.69) is 5.32 Å². The third-order valence-corrected chi connectivity index (χ3v) is 7.68. The molecule has 0 saturated carbocycles. The van der Waals surface area contributed by atoms with Crippen LogP contribution >= 0.6 is 0 Å². The molecule has 7 nitrogen and oxygen atoms in total. The van der Waals surface area contributed by atoms with E-state index in [0.717, 1.165) is 12.3 Å². The van der Waals surface area contributed by atoms with Crippen molar-refractivity contribution in [2.45, 2.75) is 31.3 Å². The number of pyridine rings is 1. The number of amides is 1. The van der Waals surface area contributed by atoms with Gasteiger partial charge in [-0.3, -0.25) is 9.59 Å². The van der Waals surface area contributed by atoms with Crippen molar-refractivity contribution in [3.8, 4) is 17.2 Å². The highest BCUT2D eigenvalue weighted by atomic mass is 32.2. The van der Waals surface area contributed by atoms with Gasteiger partial charge < -0.3 is 9.88 Å². The first-order chi connectivity index (χ1) is 19.4. The SMILES string of the molecule is Cc1c(-c2cccc(C(F)F)c2)c(=O)c(C(=O)NCc2ccc(S(C)(=O)=O)cc2)cn1Cc1ccc(C#N)cc1F. The Labute approximate surface area is 234 Å². The summed E-state index contributed by atoms with van der Waals surface area (Å²) in [5, 5.41) is 11.7. The monoisotopic (exact) mass is 579 g/mol. The standard InChI is InChI=1S/C30H24F3N3O4S/c1-18-27(21-4-3-5-22(13-21)29(32)33)28(37)25(17-36(18)16-23-9-6-20(14-34)12-26(23)31)30(38)35-15-19-7-10-24(11-8-19)41(2,39)40/h3-13,17,29H,15-16H2,1-2H3,(H,35,38). The Bertz CT molecular complexity index is 1840. The number of benzene rings is 3. The van der Waals surface area contributed by atoms with Crippen molar-refractivity contribution in [3.05, 3.63) is 122 Å². The second-order valence-electron chi connectivity index (χ2n) is 9.40. The minimum Gasteiger partial charge on any atom is -0.348 e. The van der Waals surface area contributed by atoms with Gasteiger partial charge in [0.25, 0.3) is 12.3 Å². The van der Waals surface area contributed by atoms with Crippen molar-refractivity contribution in [1.82, 2.24) is 9.88 Å². The first kappa shape index (κ1) is 29.3. The number of carbonyl (C=O) groups is 1. The number of aromatic nitrogens is 1. The van der Waals surface area contributed by atoms with E-state index in [4.69, 9.17) is 5.26 Å². The van der Waals surface area contributed by atoms with E-state index in [9.17, 15) is 31.2 Å². The molecule has 0 atom stereocenters. The Kier molecular flexibility index (Phi) is 8.44. The Morgan fingerprint density at radius 1 is 1.07 bits per heavy atom. The lowest BCUT2D eigenvalue weighted by Crippen LogP contribution is -2.31. The van der Waals surface area contributed by atoms with Crippen LogP contribution in [0.25, 0.3) is 11.1 Å². The molecule has 41 heavy (non-hydrogen) atoms. The van der Waals surface area contributed by atoms with Gasteiger partial charge in [-0.15, -0.1) is 0 Å². The number of rotatable bonds is 8. The van der Waals surface area contributed by atoms with Crippen molar-refractivity contribution in [3.63, 3.8) is 0 Å². The minimum atomic E-state index is -3.40. The number of nitrogens with one attached hydrogen (secondary N) is 1. The highest BCUT2D eigenvalue weighted by Gasteiger charge is 2.21. The van der Waals surface area contributed by atoms with Crippen molar-refractivity contribution in [1.29, 1.82) is 5.26 Å². The van der Waals surface area contributed by atoms with Crippen LogP contribution in [0.3, 0.4) is 0 Å². The zero-order valence-electron chi connectivity index (χ0n) is 22.0. The molecule has 4 aromatic rings. The summed E-state index contributed by atoms with van der Waals surface area (Å²) in [6.07, 6.45) is -0.437. The molecule has 0 fully saturated rings.